The smallest absolute Gasteiger partial charge is 0.225 e. The zero-order valence-electron chi connectivity index (χ0n) is 22.4. The summed E-state index contributed by atoms with van der Waals surface area (Å²) in [6, 6.07) is 0. The lowest BCUT2D eigenvalue weighted by molar-refractivity contribution is -0.146. The molecule has 1 amide bonds. The van der Waals surface area contributed by atoms with Crippen molar-refractivity contribution in [2.45, 2.75) is 83.3 Å². The second-order valence-corrected chi connectivity index (χ2v) is 16.5. The van der Waals surface area contributed by atoms with Crippen molar-refractivity contribution in [3.8, 4) is 0 Å². The monoisotopic (exact) mass is 525 g/mol. The number of amides is 1. The van der Waals surface area contributed by atoms with Crippen LogP contribution in [0.25, 0.3) is 0 Å². The molecule has 2 heterocycles. The van der Waals surface area contributed by atoms with Gasteiger partial charge in [-0.1, -0.05) is 20.8 Å². The highest BCUT2D eigenvalue weighted by Gasteiger charge is 2.54. The van der Waals surface area contributed by atoms with Gasteiger partial charge in [0.05, 0.1) is 16.5 Å². The molecule has 1 saturated carbocycles. The Hall–Kier alpha value is -1.03. The summed E-state index contributed by atoms with van der Waals surface area (Å²) in [6.07, 6.45) is 2.03. The minimum atomic E-state index is -3.31. The van der Waals surface area contributed by atoms with Gasteiger partial charge in [0.15, 0.2) is 9.84 Å². The van der Waals surface area contributed by atoms with E-state index >= 15 is 0 Å². The lowest BCUT2D eigenvalue weighted by Gasteiger charge is -2.53. The van der Waals surface area contributed by atoms with E-state index < -0.39 is 20.7 Å². The molecule has 7 nitrogen and oxygen atoms in total. The van der Waals surface area contributed by atoms with E-state index in [-0.39, 0.29) is 40.7 Å². The van der Waals surface area contributed by atoms with Crippen molar-refractivity contribution in [3.05, 3.63) is 15.6 Å². The van der Waals surface area contributed by atoms with Gasteiger partial charge in [0, 0.05) is 42.9 Å². The lowest BCUT2D eigenvalue weighted by atomic mass is 9.53. The Morgan fingerprint density at radius 1 is 1.26 bits per heavy atom. The van der Waals surface area contributed by atoms with Gasteiger partial charge in [0.2, 0.25) is 5.91 Å². The van der Waals surface area contributed by atoms with Gasteiger partial charge >= 0.3 is 0 Å². The number of aromatic nitrogens is 1. The Morgan fingerprint density at radius 2 is 1.89 bits per heavy atom. The second kappa shape index (κ2) is 9.37. The van der Waals surface area contributed by atoms with Crippen molar-refractivity contribution >= 4 is 27.1 Å². The summed E-state index contributed by atoms with van der Waals surface area (Å²) in [5, 5.41) is 12.3. The number of fused-ring (bicyclic) bond motifs is 2. The predicted octanol–water partition coefficient (Wildman–Crippen LogP) is 3.32. The summed E-state index contributed by atoms with van der Waals surface area (Å²) in [5.41, 5.74) is 0.875. The molecule has 3 aliphatic rings. The van der Waals surface area contributed by atoms with Crippen LogP contribution in [0.4, 0.5) is 0 Å². The average molecular weight is 526 g/mol. The van der Waals surface area contributed by atoms with Gasteiger partial charge in [-0.3, -0.25) is 4.79 Å². The number of likely N-dealkylation sites (N-methyl/N-ethyl adjacent to an activating group) is 1. The zero-order valence-corrected chi connectivity index (χ0v) is 24.0. The maximum Gasteiger partial charge on any atom is 0.225 e. The molecule has 0 aromatic carbocycles. The number of nitrogens with zero attached hydrogens (tertiary/aromatic N) is 3. The molecule has 198 valence electrons. The van der Waals surface area contributed by atoms with Crippen LogP contribution in [0.15, 0.2) is 0 Å². The topological polar surface area (TPSA) is 90.8 Å². The fraction of sp³-hybridized carbons (Fsp3) is 0.846. The van der Waals surface area contributed by atoms with Crippen LogP contribution in [0.2, 0.25) is 0 Å². The third kappa shape index (κ3) is 4.94. The Morgan fingerprint density at radius 3 is 2.49 bits per heavy atom. The van der Waals surface area contributed by atoms with Gasteiger partial charge in [-0.05, 0) is 64.3 Å². The molecule has 1 aromatic heterocycles. The van der Waals surface area contributed by atoms with Crippen molar-refractivity contribution in [2.24, 2.45) is 23.2 Å². The van der Waals surface area contributed by atoms with Gasteiger partial charge in [-0.25, -0.2) is 13.4 Å². The normalized spacial score (nSPS) is 33.2. The first-order chi connectivity index (χ1) is 16.1. The van der Waals surface area contributed by atoms with Crippen LogP contribution in [-0.4, -0.2) is 78.3 Å². The number of carbonyl (C=O) groups excluding carboxylic acids is 1. The van der Waals surface area contributed by atoms with Crippen molar-refractivity contribution < 1.29 is 18.3 Å². The van der Waals surface area contributed by atoms with E-state index in [0.29, 0.717) is 5.01 Å². The molecule has 0 bridgehead atoms. The third-order valence-corrected chi connectivity index (χ3v) is 12.8. The molecule has 2 fully saturated rings. The molecule has 0 radical (unpaired) electrons. The molecule has 0 spiro atoms. The highest BCUT2D eigenvalue weighted by atomic mass is 32.2. The van der Waals surface area contributed by atoms with E-state index in [4.69, 9.17) is 4.98 Å². The molecule has 9 heteroatoms. The molecule has 6 unspecified atom stereocenters. The van der Waals surface area contributed by atoms with Gasteiger partial charge in [0.25, 0.3) is 0 Å². The summed E-state index contributed by atoms with van der Waals surface area (Å²) in [6.45, 7) is 14.9. The molecule has 6 atom stereocenters. The summed E-state index contributed by atoms with van der Waals surface area (Å²) < 4.78 is 24.8. The van der Waals surface area contributed by atoms with Crippen LogP contribution >= 0.6 is 11.3 Å². The Labute approximate surface area is 215 Å². The van der Waals surface area contributed by atoms with Gasteiger partial charge in [0.1, 0.15) is 10.8 Å². The van der Waals surface area contributed by atoms with Crippen LogP contribution in [0.3, 0.4) is 0 Å². The summed E-state index contributed by atoms with van der Waals surface area (Å²) >= 11 is 1.53. The number of aliphatic hydroxyl groups excluding tert-OH is 1. The Kier molecular flexibility index (Phi) is 7.23. The maximum atomic E-state index is 13.3. The van der Waals surface area contributed by atoms with Gasteiger partial charge < -0.3 is 14.9 Å². The van der Waals surface area contributed by atoms with E-state index in [1.807, 2.05) is 11.8 Å². The van der Waals surface area contributed by atoms with Crippen molar-refractivity contribution in [1.29, 1.82) is 0 Å². The molecule has 35 heavy (non-hydrogen) atoms. The van der Waals surface area contributed by atoms with Crippen molar-refractivity contribution in [1.82, 2.24) is 14.8 Å². The molecular formula is C26H43N3O4S2. The van der Waals surface area contributed by atoms with Crippen LogP contribution in [0.5, 0.6) is 0 Å². The van der Waals surface area contributed by atoms with Crippen molar-refractivity contribution in [2.75, 3.05) is 33.2 Å². The van der Waals surface area contributed by atoms with E-state index in [9.17, 15) is 18.3 Å². The fourth-order valence-electron chi connectivity index (χ4n) is 6.54. The minimum absolute atomic E-state index is 0.00524. The number of carbonyl (C=O) groups is 1. The maximum absolute atomic E-state index is 13.3. The molecule has 1 N–H and O–H groups in total. The lowest BCUT2D eigenvalue weighted by Crippen LogP contribution is -2.55. The molecule has 2 aliphatic carbocycles. The van der Waals surface area contributed by atoms with Gasteiger partial charge in [-0.15, -0.1) is 11.3 Å². The number of hydrogen-bond donors (Lipinski definition) is 1. The van der Waals surface area contributed by atoms with Crippen LogP contribution < -0.4 is 0 Å². The molecule has 1 aliphatic heterocycles. The second-order valence-electron chi connectivity index (χ2n) is 12.5. The van der Waals surface area contributed by atoms with Crippen LogP contribution in [0, 0.1) is 23.2 Å². The first-order valence-corrected chi connectivity index (χ1v) is 15.5. The number of hydrogen-bond acceptors (Lipinski definition) is 7. The number of rotatable bonds is 4. The highest BCUT2D eigenvalue weighted by Crippen LogP contribution is 2.57. The number of piperazine rings is 1. The summed E-state index contributed by atoms with van der Waals surface area (Å²) in [4.78, 5) is 23.5. The first-order valence-electron chi connectivity index (χ1n) is 13.0. The summed E-state index contributed by atoms with van der Waals surface area (Å²) in [5.74, 6) is -0.124. The van der Waals surface area contributed by atoms with Crippen molar-refractivity contribution in [3.63, 3.8) is 0 Å². The first kappa shape index (κ1) is 27.0. The largest absolute Gasteiger partial charge is 0.392 e. The molecule has 1 saturated heterocycles. The molecular weight excluding hydrogens is 482 g/mol. The fourth-order valence-corrected chi connectivity index (χ4v) is 9.23. The molecule has 4 rings (SSSR count). The Balaban J connectivity index is 1.54. The number of aliphatic hydroxyl groups is 1. The van der Waals surface area contributed by atoms with Gasteiger partial charge in [-0.2, -0.15) is 0 Å². The summed E-state index contributed by atoms with van der Waals surface area (Å²) in [7, 11) is -1.23. The van der Waals surface area contributed by atoms with E-state index in [1.54, 1.807) is 20.8 Å². The standard InChI is InChI=1S/C26H43N3O4S2/c1-16(24(31)29-12-10-28(7)11-13-29)18-8-9-26(6)14-19-22(17(2)21(26)23(18)30)27-20(34-19)15-35(32,33)25(3,4)5/h16-18,21,23,30H,8-15H2,1-7H3. The van der Waals surface area contributed by atoms with Crippen LogP contribution in [0.1, 0.15) is 75.9 Å². The van der Waals surface area contributed by atoms with E-state index in [0.717, 1.165) is 51.1 Å². The predicted molar refractivity (Wildman–Crippen MR) is 140 cm³/mol. The van der Waals surface area contributed by atoms with E-state index in [2.05, 4.69) is 25.8 Å². The average Bonchev–Trinajstić information content (AvgIpc) is 3.13. The number of thiazole rings is 1. The van der Waals surface area contributed by atoms with E-state index in [1.165, 1.54) is 16.2 Å². The quantitative estimate of drug-likeness (QED) is 0.649. The number of sulfone groups is 1. The highest BCUT2D eigenvalue weighted by molar-refractivity contribution is 7.92. The molecule has 1 aromatic rings. The zero-order chi connectivity index (χ0) is 25.9. The SMILES string of the molecule is CC(C(=O)N1CCN(C)CC1)C1CCC2(C)Cc3sc(CS(=O)(=O)C(C)(C)C)nc3C(C)C2C1O. The Bertz CT molecular complexity index is 1060. The minimum Gasteiger partial charge on any atom is -0.392 e. The van der Waals surface area contributed by atoms with Crippen LogP contribution in [-0.2, 0) is 26.8 Å². The third-order valence-electron chi connectivity index (χ3n) is 9.06.